The Balaban J connectivity index is 2.91. The molecule has 0 aliphatic carbocycles. The second-order valence-corrected chi connectivity index (χ2v) is 4.13. The van der Waals surface area contributed by atoms with E-state index >= 15 is 0 Å². The van der Waals surface area contributed by atoms with E-state index in [4.69, 9.17) is 16.3 Å². The van der Waals surface area contributed by atoms with E-state index in [2.05, 4.69) is 17.2 Å². The molecule has 0 saturated heterocycles. The Bertz CT molecular complexity index is 420. The van der Waals surface area contributed by atoms with Gasteiger partial charge in [-0.1, -0.05) is 11.6 Å². The van der Waals surface area contributed by atoms with Gasteiger partial charge in [0.2, 0.25) is 0 Å². The fourth-order valence-corrected chi connectivity index (χ4v) is 1.95. The van der Waals surface area contributed by atoms with Crippen molar-refractivity contribution >= 4 is 11.6 Å². The van der Waals surface area contributed by atoms with Gasteiger partial charge in [0.1, 0.15) is 5.75 Å². The van der Waals surface area contributed by atoms with Gasteiger partial charge < -0.3 is 10.1 Å². The molecular formula is C14H18ClNO. The molecule has 0 aliphatic heterocycles. The van der Waals surface area contributed by atoms with E-state index in [1.54, 1.807) is 7.11 Å². The van der Waals surface area contributed by atoms with Crippen LogP contribution in [-0.2, 0) is 0 Å². The summed E-state index contributed by atoms with van der Waals surface area (Å²) in [6.07, 6.45) is 1.80. The van der Waals surface area contributed by atoms with Gasteiger partial charge in [-0.15, -0.1) is 11.8 Å². The molecule has 1 unspecified atom stereocenters. The van der Waals surface area contributed by atoms with Crippen molar-refractivity contribution in [2.24, 2.45) is 0 Å². The molecule has 1 atom stereocenters. The Morgan fingerprint density at radius 3 is 2.82 bits per heavy atom. The van der Waals surface area contributed by atoms with Crippen LogP contribution in [0, 0.1) is 11.8 Å². The molecule has 0 heterocycles. The van der Waals surface area contributed by atoms with Gasteiger partial charge in [0, 0.05) is 23.0 Å². The largest absolute Gasteiger partial charge is 0.496 e. The first-order chi connectivity index (χ1) is 8.22. The van der Waals surface area contributed by atoms with Crippen molar-refractivity contribution in [1.82, 2.24) is 5.32 Å². The zero-order valence-electron chi connectivity index (χ0n) is 10.5. The molecule has 1 aromatic rings. The molecule has 0 bridgehead atoms. The molecule has 0 spiro atoms. The average Bonchev–Trinajstić information content (AvgIpc) is 2.35. The smallest absolute Gasteiger partial charge is 0.123 e. The van der Waals surface area contributed by atoms with Gasteiger partial charge in [0.15, 0.2) is 0 Å². The third kappa shape index (κ3) is 3.96. The number of methoxy groups -OCH3 is 1. The molecule has 17 heavy (non-hydrogen) atoms. The molecule has 0 aliphatic rings. The van der Waals surface area contributed by atoms with Crippen LogP contribution >= 0.6 is 11.6 Å². The Hall–Kier alpha value is -1.17. The lowest BCUT2D eigenvalue weighted by Gasteiger charge is -2.18. The van der Waals surface area contributed by atoms with Crippen molar-refractivity contribution in [2.45, 2.75) is 25.8 Å². The van der Waals surface area contributed by atoms with E-state index in [0.717, 1.165) is 29.2 Å². The average molecular weight is 252 g/mol. The lowest BCUT2D eigenvalue weighted by Crippen LogP contribution is -2.17. The van der Waals surface area contributed by atoms with Crippen molar-refractivity contribution in [2.75, 3.05) is 14.2 Å². The number of nitrogens with one attached hydrogen (secondary N) is 1. The summed E-state index contributed by atoms with van der Waals surface area (Å²) >= 11 is 6.02. The monoisotopic (exact) mass is 251 g/mol. The van der Waals surface area contributed by atoms with E-state index in [9.17, 15) is 0 Å². The second kappa shape index (κ2) is 7.21. The van der Waals surface area contributed by atoms with Crippen LogP contribution < -0.4 is 10.1 Å². The third-order valence-electron chi connectivity index (χ3n) is 2.65. The minimum Gasteiger partial charge on any atom is -0.496 e. The molecule has 2 nitrogen and oxygen atoms in total. The molecule has 0 saturated carbocycles. The molecule has 0 amide bonds. The fourth-order valence-electron chi connectivity index (χ4n) is 1.77. The van der Waals surface area contributed by atoms with Crippen LogP contribution in [0.5, 0.6) is 5.75 Å². The topological polar surface area (TPSA) is 21.3 Å². The Labute approximate surface area is 108 Å². The van der Waals surface area contributed by atoms with E-state index in [-0.39, 0.29) is 6.04 Å². The van der Waals surface area contributed by atoms with Gasteiger partial charge >= 0.3 is 0 Å². The predicted octanol–water partition coefficient (Wildman–Crippen LogP) is 3.41. The number of benzene rings is 1. The Kier molecular flexibility index (Phi) is 5.90. The van der Waals surface area contributed by atoms with Crippen LogP contribution in [0.25, 0.3) is 0 Å². The van der Waals surface area contributed by atoms with Gasteiger partial charge in [-0.2, -0.15) is 0 Å². The second-order valence-electron chi connectivity index (χ2n) is 3.69. The van der Waals surface area contributed by atoms with Crippen LogP contribution in [0.15, 0.2) is 18.2 Å². The molecule has 92 valence electrons. The van der Waals surface area contributed by atoms with Crippen LogP contribution in [0.1, 0.15) is 31.4 Å². The van der Waals surface area contributed by atoms with Gasteiger partial charge in [-0.25, -0.2) is 0 Å². The number of rotatable bonds is 5. The summed E-state index contributed by atoms with van der Waals surface area (Å²) < 4.78 is 5.35. The zero-order chi connectivity index (χ0) is 12.7. The third-order valence-corrected chi connectivity index (χ3v) is 2.89. The highest BCUT2D eigenvalue weighted by atomic mass is 35.5. The lowest BCUT2D eigenvalue weighted by atomic mass is 10.0. The van der Waals surface area contributed by atoms with Crippen molar-refractivity contribution in [3.63, 3.8) is 0 Å². The molecule has 1 rings (SSSR count). The van der Waals surface area contributed by atoms with Gasteiger partial charge in [-0.05, 0) is 38.6 Å². The van der Waals surface area contributed by atoms with Crippen molar-refractivity contribution in [3.05, 3.63) is 28.8 Å². The molecule has 0 aromatic heterocycles. The first-order valence-electron chi connectivity index (χ1n) is 5.63. The maximum Gasteiger partial charge on any atom is 0.123 e. The van der Waals surface area contributed by atoms with Crippen molar-refractivity contribution in [3.8, 4) is 17.6 Å². The van der Waals surface area contributed by atoms with Crippen LogP contribution in [0.2, 0.25) is 5.02 Å². The highest BCUT2D eigenvalue weighted by molar-refractivity contribution is 6.30. The minimum atomic E-state index is 0.212. The summed E-state index contributed by atoms with van der Waals surface area (Å²) in [4.78, 5) is 0. The van der Waals surface area contributed by atoms with Crippen molar-refractivity contribution in [1.29, 1.82) is 0 Å². The zero-order valence-corrected chi connectivity index (χ0v) is 11.3. The first-order valence-corrected chi connectivity index (χ1v) is 6.01. The fraction of sp³-hybridized carbons (Fsp3) is 0.429. The van der Waals surface area contributed by atoms with Crippen LogP contribution in [0.4, 0.5) is 0 Å². The standard InChI is InChI=1S/C14H18ClNO/c1-4-5-6-7-13(16-2)12-10-11(15)8-9-14(12)17-3/h8-10,13,16H,6-7H2,1-3H3. The molecule has 1 aromatic carbocycles. The summed E-state index contributed by atoms with van der Waals surface area (Å²) in [6.45, 7) is 1.86. The SMILES string of the molecule is CC#CCCC(NC)c1cc(Cl)ccc1OC. The van der Waals surface area contributed by atoms with E-state index in [1.807, 2.05) is 32.2 Å². The minimum absolute atomic E-state index is 0.212. The number of hydrogen-bond acceptors (Lipinski definition) is 2. The predicted molar refractivity (Wildman–Crippen MR) is 72.5 cm³/mol. The highest BCUT2D eigenvalue weighted by Crippen LogP contribution is 2.30. The van der Waals surface area contributed by atoms with Gasteiger partial charge in [0.05, 0.1) is 7.11 Å². The Morgan fingerprint density at radius 2 is 2.24 bits per heavy atom. The number of ether oxygens (including phenoxy) is 1. The normalized spacial score (nSPS) is 11.5. The first kappa shape index (κ1) is 13.9. The molecule has 3 heteroatoms. The summed E-state index contributed by atoms with van der Waals surface area (Å²) in [5.74, 6) is 6.83. The number of halogens is 1. The molecule has 1 N–H and O–H groups in total. The summed E-state index contributed by atoms with van der Waals surface area (Å²) in [7, 11) is 3.61. The summed E-state index contributed by atoms with van der Waals surface area (Å²) in [5.41, 5.74) is 1.08. The molecular weight excluding hydrogens is 234 g/mol. The van der Waals surface area contributed by atoms with Gasteiger partial charge in [0.25, 0.3) is 0 Å². The maximum absolute atomic E-state index is 6.02. The van der Waals surface area contributed by atoms with Crippen LogP contribution in [-0.4, -0.2) is 14.2 Å². The lowest BCUT2D eigenvalue weighted by molar-refractivity contribution is 0.399. The summed E-state index contributed by atoms with van der Waals surface area (Å²) in [6, 6.07) is 5.89. The van der Waals surface area contributed by atoms with Crippen molar-refractivity contribution < 1.29 is 4.74 Å². The maximum atomic E-state index is 6.02. The van der Waals surface area contributed by atoms with E-state index < -0.39 is 0 Å². The van der Waals surface area contributed by atoms with E-state index in [1.165, 1.54) is 0 Å². The van der Waals surface area contributed by atoms with Gasteiger partial charge in [-0.3, -0.25) is 0 Å². The Morgan fingerprint density at radius 1 is 1.47 bits per heavy atom. The quantitative estimate of drug-likeness (QED) is 0.810. The van der Waals surface area contributed by atoms with E-state index in [0.29, 0.717) is 0 Å². The molecule has 0 fully saturated rings. The van der Waals surface area contributed by atoms with Crippen LogP contribution in [0.3, 0.4) is 0 Å². The highest BCUT2D eigenvalue weighted by Gasteiger charge is 2.14. The summed E-state index contributed by atoms with van der Waals surface area (Å²) in [5, 5.41) is 4.00. The molecule has 0 radical (unpaired) electrons. The number of hydrogen-bond donors (Lipinski definition) is 1.